The zero-order valence-corrected chi connectivity index (χ0v) is 17.4. The van der Waals surface area contributed by atoms with E-state index in [2.05, 4.69) is 29.6 Å². The minimum Gasteiger partial charge on any atom is -0.355 e. The number of benzene rings is 2. The highest BCUT2D eigenvalue weighted by Gasteiger charge is 2.35. The number of carbonyl (C=O) groups is 1. The van der Waals surface area contributed by atoms with Crippen LogP contribution in [0.4, 0.5) is 5.69 Å². The van der Waals surface area contributed by atoms with Crippen molar-refractivity contribution in [2.24, 2.45) is 10.3 Å². The Morgan fingerprint density at radius 3 is 2.76 bits per heavy atom. The molecular weight excluding hydrogens is 386 g/mol. The number of carbonyl (C=O) groups excluding carboxylic acids is 1. The van der Waals surface area contributed by atoms with E-state index < -0.39 is 10.0 Å². The molecule has 29 heavy (non-hydrogen) atoms. The molecule has 2 heterocycles. The van der Waals surface area contributed by atoms with Gasteiger partial charge in [-0.1, -0.05) is 38.1 Å². The van der Waals surface area contributed by atoms with Crippen LogP contribution >= 0.6 is 0 Å². The molecule has 0 aromatic heterocycles. The maximum absolute atomic E-state index is 12.9. The Morgan fingerprint density at radius 2 is 1.97 bits per heavy atom. The molecule has 2 aliphatic heterocycles. The number of amidine groups is 1. The van der Waals surface area contributed by atoms with Gasteiger partial charge in [-0.15, -0.1) is 4.40 Å². The van der Waals surface area contributed by atoms with Gasteiger partial charge in [0.2, 0.25) is 5.91 Å². The molecular formula is C22H25N3O3S. The van der Waals surface area contributed by atoms with Crippen molar-refractivity contribution in [3.63, 3.8) is 0 Å². The van der Waals surface area contributed by atoms with Gasteiger partial charge >= 0.3 is 0 Å². The van der Waals surface area contributed by atoms with Crippen molar-refractivity contribution >= 4 is 27.5 Å². The lowest BCUT2D eigenvalue weighted by Crippen LogP contribution is -2.43. The zero-order valence-electron chi connectivity index (χ0n) is 16.6. The highest BCUT2D eigenvalue weighted by Crippen LogP contribution is 2.30. The van der Waals surface area contributed by atoms with Crippen molar-refractivity contribution in [3.8, 4) is 0 Å². The minimum atomic E-state index is -3.66. The number of fused-ring (bicyclic) bond motifs is 1. The van der Waals surface area contributed by atoms with Crippen LogP contribution in [0, 0.1) is 5.92 Å². The van der Waals surface area contributed by atoms with Gasteiger partial charge in [0.1, 0.15) is 4.90 Å². The van der Waals surface area contributed by atoms with Gasteiger partial charge in [0.05, 0.1) is 5.92 Å². The minimum absolute atomic E-state index is 0.0367. The van der Waals surface area contributed by atoms with E-state index in [1.54, 1.807) is 18.2 Å². The Labute approximate surface area is 171 Å². The van der Waals surface area contributed by atoms with E-state index in [0.29, 0.717) is 30.4 Å². The van der Waals surface area contributed by atoms with Crippen molar-refractivity contribution in [1.29, 1.82) is 0 Å². The second kappa shape index (κ2) is 7.63. The van der Waals surface area contributed by atoms with Gasteiger partial charge in [-0.3, -0.25) is 4.79 Å². The monoisotopic (exact) mass is 411 g/mol. The quantitative estimate of drug-likeness (QED) is 0.837. The van der Waals surface area contributed by atoms with E-state index in [1.165, 1.54) is 5.56 Å². The Morgan fingerprint density at radius 1 is 1.17 bits per heavy atom. The lowest BCUT2D eigenvalue weighted by molar-refractivity contribution is -0.121. The number of anilines is 1. The number of likely N-dealkylation sites (tertiary alicyclic amines) is 1. The first-order chi connectivity index (χ1) is 13.8. The second-order valence-electron chi connectivity index (χ2n) is 7.94. The molecule has 4 rings (SSSR count). The average molecular weight is 412 g/mol. The molecule has 1 unspecified atom stereocenters. The smallest absolute Gasteiger partial charge is 0.285 e. The average Bonchev–Trinajstić information content (AvgIpc) is 3.00. The summed E-state index contributed by atoms with van der Waals surface area (Å²) in [5.41, 5.74) is 2.60. The van der Waals surface area contributed by atoms with Gasteiger partial charge in [0.25, 0.3) is 10.0 Å². The van der Waals surface area contributed by atoms with Crippen LogP contribution in [-0.4, -0.2) is 38.2 Å². The summed E-state index contributed by atoms with van der Waals surface area (Å²) in [5.74, 6) is 0.592. The maximum Gasteiger partial charge on any atom is 0.285 e. The van der Waals surface area contributed by atoms with Crippen LogP contribution in [-0.2, 0) is 14.8 Å². The van der Waals surface area contributed by atoms with Gasteiger partial charge in [-0.2, -0.15) is 8.42 Å². The number of hydrogen-bond donors (Lipinski definition) is 1. The number of amides is 1. The normalized spacial score (nSPS) is 20.3. The van der Waals surface area contributed by atoms with Crippen molar-refractivity contribution in [1.82, 2.24) is 4.90 Å². The standard InChI is InChI=1S/C22H25N3O3S/c1-15(2)16-7-5-9-18(13-16)23-22(26)17-8-6-12-25(14-17)21-19-10-3-4-11-20(19)29(27,28)24-21/h3-5,7,9-11,13,15,17H,6,8,12,14H2,1-2H3,(H,23,26). The molecule has 0 aliphatic carbocycles. The van der Waals surface area contributed by atoms with Crippen LogP contribution in [0.25, 0.3) is 0 Å². The van der Waals surface area contributed by atoms with Crippen LogP contribution in [0.15, 0.2) is 57.8 Å². The van der Waals surface area contributed by atoms with Gasteiger partial charge in [-0.25, -0.2) is 0 Å². The summed E-state index contributed by atoms with van der Waals surface area (Å²) in [6, 6.07) is 14.8. The third-order valence-corrected chi connectivity index (χ3v) is 6.85. The van der Waals surface area contributed by atoms with E-state index in [-0.39, 0.29) is 16.7 Å². The number of nitrogens with zero attached hydrogens (tertiary/aromatic N) is 2. The van der Waals surface area contributed by atoms with Crippen molar-refractivity contribution in [2.45, 2.75) is 37.5 Å². The Balaban J connectivity index is 1.51. The summed E-state index contributed by atoms with van der Waals surface area (Å²) in [4.78, 5) is 15.1. The van der Waals surface area contributed by atoms with E-state index >= 15 is 0 Å². The van der Waals surface area contributed by atoms with E-state index in [4.69, 9.17) is 0 Å². The summed E-state index contributed by atoms with van der Waals surface area (Å²) >= 11 is 0. The Bertz CT molecular complexity index is 1080. The molecule has 1 saturated heterocycles. The predicted molar refractivity (Wildman–Crippen MR) is 114 cm³/mol. The number of sulfonamides is 1. The van der Waals surface area contributed by atoms with Crippen molar-refractivity contribution in [3.05, 3.63) is 59.7 Å². The van der Waals surface area contributed by atoms with E-state index in [0.717, 1.165) is 18.5 Å². The first kappa shape index (κ1) is 19.6. The zero-order chi connectivity index (χ0) is 20.6. The number of nitrogens with one attached hydrogen (secondary N) is 1. The molecule has 1 atom stereocenters. The van der Waals surface area contributed by atoms with Crippen LogP contribution in [0.1, 0.15) is 43.7 Å². The summed E-state index contributed by atoms with van der Waals surface area (Å²) in [5, 5.41) is 3.03. The summed E-state index contributed by atoms with van der Waals surface area (Å²) in [6.45, 7) is 5.38. The van der Waals surface area contributed by atoms with Crippen LogP contribution in [0.2, 0.25) is 0 Å². The first-order valence-electron chi connectivity index (χ1n) is 9.95. The molecule has 2 aliphatic rings. The van der Waals surface area contributed by atoms with Gasteiger partial charge in [0.15, 0.2) is 5.84 Å². The second-order valence-corrected chi connectivity index (χ2v) is 9.51. The molecule has 1 amide bonds. The fourth-order valence-electron chi connectivity index (χ4n) is 3.92. The predicted octanol–water partition coefficient (Wildman–Crippen LogP) is 3.61. The summed E-state index contributed by atoms with van der Waals surface area (Å²) < 4.78 is 28.7. The lowest BCUT2D eigenvalue weighted by atomic mass is 9.96. The SMILES string of the molecule is CC(C)c1cccc(NC(=O)C2CCCN(C3=NS(=O)(=O)c4ccccc43)C2)c1. The molecule has 1 fully saturated rings. The molecule has 6 nitrogen and oxygen atoms in total. The molecule has 152 valence electrons. The number of piperidine rings is 1. The molecule has 0 bridgehead atoms. The van der Waals surface area contributed by atoms with Gasteiger partial charge < -0.3 is 10.2 Å². The van der Waals surface area contributed by atoms with Crippen molar-refractivity contribution in [2.75, 3.05) is 18.4 Å². The highest BCUT2D eigenvalue weighted by molar-refractivity contribution is 7.90. The highest BCUT2D eigenvalue weighted by atomic mass is 32.2. The number of hydrogen-bond acceptors (Lipinski definition) is 4. The molecule has 7 heteroatoms. The van der Waals surface area contributed by atoms with Crippen LogP contribution in [0.5, 0.6) is 0 Å². The topological polar surface area (TPSA) is 78.8 Å². The molecule has 0 saturated carbocycles. The van der Waals surface area contributed by atoms with E-state index in [1.807, 2.05) is 29.2 Å². The van der Waals surface area contributed by atoms with Crippen LogP contribution < -0.4 is 5.32 Å². The fraction of sp³-hybridized carbons (Fsp3) is 0.364. The van der Waals surface area contributed by atoms with Gasteiger partial charge in [-0.05, 0) is 48.6 Å². The summed E-state index contributed by atoms with van der Waals surface area (Å²) in [6.07, 6.45) is 1.58. The lowest BCUT2D eigenvalue weighted by Gasteiger charge is -2.33. The maximum atomic E-state index is 12.9. The first-order valence-corrected chi connectivity index (χ1v) is 11.4. The van der Waals surface area contributed by atoms with Gasteiger partial charge in [0, 0.05) is 24.3 Å². The molecule has 1 N–H and O–H groups in total. The largest absolute Gasteiger partial charge is 0.355 e. The fourth-order valence-corrected chi connectivity index (χ4v) is 5.15. The molecule has 2 aromatic rings. The Hall–Kier alpha value is -2.67. The summed E-state index contributed by atoms with van der Waals surface area (Å²) in [7, 11) is -3.66. The third kappa shape index (κ3) is 3.92. The van der Waals surface area contributed by atoms with Crippen LogP contribution in [0.3, 0.4) is 0 Å². The molecule has 0 radical (unpaired) electrons. The Kier molecular flexibility index (Phi) is 5.17. The number of rotatable bonds is 3. The van der Waals surface area contributed by atoms with E-state index in [9.17, 15) is 13.2 Å². The van der Waals surface area contributed by atoms with Crippen molar-refractivity contribution < 1.29 is 13.2 Å². The third-order valence-electron chi connectivity index (χ3n) is 5.53. The molecule has 2 aromatic carbocycles. The molecule has 0 spiro atoms.